The number of halogens is 1. The van der Waals surface area contributed by atoms with Crippen LogP contribution in [0.4, 0.5) is 0 Å². The Hall–Kier alpha value is -1.73. The fraction of sp³-hybridized carbons (Fsp3) is 0.125. The van der Waals surface area contributed by atoms with Crippen LogP contribution in [0.2, 0.25) is 5.02 Å². The molecule has 2 heteroatoms. The fourth-order valence-corrected chi connectivity index (χ4v) is 1.76. The summed E-state index contributed by atoms with van der Waals surface area (Å²) in [6.07, 6.45) is 0.802. The van der Waals surface area contributed by atoms with Crippen LogP contribution < -0.4 is 4.74 Å². The van der Waals surface area contributed by atoms with Crippen molar-refractivity contribution in [2.45, 2.75) is 6.42 Å². The second-order valence-electron chi connectivity index (χ2n) is 4.02. The van der Waals surface area contributed by atoms with Gasteiger partial charge in [0.15, 0.2) is 0 Å². The number of hydrogen-bond acceptors (Lipinski definition) is 1. The van der Waals surface area contributed by atoms with Gasteiger partial charge in [0.25, 0.3) is 0 Å². The quantitative estimate of drug-likeness (QED) is 0.747. The second-order valence-corrected chi connectivity index (χ2v) is 4.46. The first kappa shape index (κ1) is 12.7. The molecule has 0 aromatic heterocycles. The smallest absolute Gasteiger partial charge is 0.119 e. The van der Waals surface area contributed by atoms with E-state index in [1.165, 1.54) is 0 Å². The van der Waals surface area contributed by atoms with Gasteiger partial charge in [0, 0.05) is 11.4 Å². The van der Waals surface area contributed by atoms with E-state index in [1.807, 2.05) is 54.6 Å². The third-order valence-corrected chi connectivity index (χ3v) is 2.92. The summed E-state index contributed by atoms with van der Waals surface area (Å²) >= 11 is 5.85. The van der Waals surface area contributed by atoms with Crippen LogP contribution in [0, 0.1) is 0 Å². The largest absolute Gasteiger partial charge is 0.493 e. The first-order valence-corrected chi connectivity index (χ1v) is 6.25. The number of rotatable bonds is 5. The average Bonchev–Trinajstić information content (AvgIpc) is 2.40. The summed E-state index contributed by atoms with van der Waals surface area (Å²) in [7, 11) is 0. The molecule has 0 saturated heterocycles. The van der Waals surface area contributed by atoms with Crippen molar-refractivity contribution in [1.82, 2.24) is 0 Å². The van der Waals surface area contributed by atoms with Crippen molar-refractivity contribution in [3.05, 3.63) is 71.8 Å². The SMILES string of the molecule is C=C(CCOc1ccccc1)c1ccc(Cl)cc1. The minimum atomic E-state index is 0.630. The first-order valence-electron chi connectivity index (χ1n) is 5.87. The van der Waals surface area contributed by atoms with Crippen LogP contribution in [0.3, 0.4) is 0 Å². The van der Waals surface area contributed by atoms with Crippen molar-refractivity contribution in [1.29, 1.82) is 0 Å². The van der Waals surface area contributed by atoms with Crippen LogP contribution in [-0.2, 0) is 0 Å². The van der Waals surface area contributed by atoms with E-state index in [2.05, 4.69) is 6.58 Å². The molecule has 2 aromatic carbocycles. The summed E-state index contributed by atoms with van der Waals surface area (Å²) in [5.74, 6) is 0.890. The molecule has 0 radical (unpaired) electrons. The number of ether oxygens (including phenoxy) is 1. The molecular formula is C16H15ClO. The van der Waals surface area contributed by atoms with Gasteiger partial charge in [-0.05, 0) is 35.4 Å². The summed E-state index contributed by atoms with van der Waals surface area (Å²) in [5.41, 5.74) is 2.17. The van der Waals surface area contributed by atoms with Gasteiger partial charge < -0.3 is 4.74 Å². The van der Waals surface area contributed by atoms with Gasteiger partial charge in [-0.15, -0.1) is 0 Å². The Morgan fingerprint density at radius 3 is 2.33 bits per heavy atom. The third kappa shape index (κ3) is 3.64. The average molecular weight is 259 g/mol. The molecule has 0 spiro atoms. The lowest BCUT2D eigenvalue weighted by Gasteiger charge is -2.08. The molecule has 0 aliphatic rings. The van der Waals surface area contributed by atoms with E-state index < -0.39 is 0 Å². The maximum atomic E-state index is 5.85. The van der Waals surface area contributed by atoms with Crippen LogP contribution in [0.1, 0.15) is 12.0 Å². The van der Waals surface area contributed by atoms with Gasteiger partial charge in [-0.3, -0.25) is 0 Å². The van der Waals surface area contributed by atoms with Crippen molar-refractivity contribution in [2.24, 2.45) is 0 Å². The lowest BCUT2D eigenvalue weighted by Crippen LogP contribution is -1.98. The zero-order valence-corrected chi connectivity index (χ0v) is 10.9. The lowest BCUT2D eigenvalue weighted by atomic mass is 10.1. The molecule has 0 bridgehead atoms. The van der Waals surface area contributed by atoms with E-state index in [-0.39, 0.29) is 0 Å². The zero-order chi connectivity index (χ0) is 12.8. The van der Waals surface area contributed by atoms with Crippen LogP contribution in [0.15, 0.2) is 61.2 Å². The highest BCUT2D eigenvalue weighted by Gasteiger charge is 2.00. The Labute approximate surface area is 113 Å². The molecule has 0 saturated carbocycles. The summed E-state index contributed by atoms with van der Waals surface area (Å²) in [6.45, 7) is 4.69. The molecule has 18 heavy (non-hydrogen) atoms. The highest BCUT2D eigenvalue weighted by molar-refractivity contribution is 6.30. The minimum Gasteiger partial charge on any atom is -0.493 e. The molecule has 0 amide bonds. The fourth-order valence-electron chi connectivity index (χ4n) is 1.64. The predicted molar refractivity (Wildman–Crippen MR) is 77.0 cm³/mol. The first-order chi connectivity index (χ1) is 8.75. The van der Waals surface area contributed by atoms with E-state index in [4.69, 9.17) is 16.3 Å². The Morgan fingerprint density at radius 1 is 1.00 bits per heavy atom. The molecule has 0 aliphatic heterocycles. The predicted octanol–water partition coefficient (Wildman–Crippen LogP) is 4.82. The van der Waals surface area contributed by atoms with E-state index in [0.717, 1.165) is 28.3 Å². The highest BCUT2D eigenvalue weighted by Crippen LogP contribution is 2.19. The minimum absolute atomic E-state index is 0.630. The summed E-state index contributed by atoms with van der Waals surface area (Å²) in [6, 6.07) is 17.5. The van der Waals surface area contributed by atoms with Gasteiger partial charge in [-0.25, -0.2) is 0 Å². The molecule has 0 unspecified atom stereocenters. The molecule has 2 rings (SSSR count). The van der Waals surface area contributed by atoms with Crippen molar-refractivity contribution in [2.75, 3.05) is 6.61 Å². The standard InChI is InChI=1S/C16H15ClO/c1-13(14-7-9-15(17)10-8-14)11-12-18-16-5-3-2-4-6-16/h2-10H,1,11-12H2. The van der Waals surface area contributed by atoms with Crippen LogP contribution >= 0.6 is 11.6 Å². The summed E-state index contributed by atoms with van der Waals surface area (Å²) in [4.78, 5) is 0. The Kier molecular flexibility index (Phi) is 4.43. The normalized spacial score (nSPS) is 10.1. The molecule has 1 nitrogen and oxygen atoms in total. The maximum absolute atomic E-state index is 5.85. The zero-order valence-electron chi connectivity index (χ0n) is 10.1. The monoisotopic (exact) mass is 258 g/mol. The van der Waals surface area contributed by atoms with E-state index in [1.54, 1.807) is 0 Å². The third-order valence-electron chi connectivity index (χ3n) is 2.67. The van der Waals surface area contributed by atoms with Gasteiger partial charge in [0.1, 0.15) is 5.75 Å². The molecule has 0 atom stereocenters. The number of benzene rings is 2. The van der Waals surface area contributed by atoms with Crippen LogP contribution in [-0.4, -0.2) is 6.61 Å². The Bertz CT molecular complexity index is 502. The molecule has 0 N–H and O–H groups in total. The van der Waals surface area contributed by atoms with Gasteiger partial charge in [0.05, 0.1) is 6.61 Å². The number of para-hydroxylation sites is 1. The molecule has 2 aromatic rings. The van der Waals surface area contributed by atoms with Crippen LogP contribution in [0.5, 0.6) is 5.75 Å². The molecular weight excluding hydrogens is 244 g/mol. The van der Waals surface area contributed by atoms with Crippen LogP contribution in [0.25, 0.3) is 5.57 Å². The highest BCUT2D eigenvalue weighted by atomic mass is 35.5. The van der Waals surface area contributed by atoms with E-state index in [9.17, 15) is 0 Å². The van der Waals surface area contributed by atoms with Gasteiger partial charge in [-0.2, -0.15) is 0 Å². The maximum Gasteiger partial charge on any atom is 0.119 e. The summed E-state index contributed by atoms with van der Waals surface area (Å²) in [5, 5.41) is 0.743. The van der Waals surface area contributed by atoms with Gasteiger partial charge in [-0.1, -0.05) is 48.5 Å². The lowest BCUT2D eigenvalue weighted by molar-refractivity contribution is 0.327. The summed E-state index contributed by atoms with van der Waals surface area (Å²) < 4.78 is 5.63. The molecule has 92 valence electrons. The Morgan fingerprint density at radius 2 is 1.67 bits per heavy atom. The van der Waals surface area contributed by atoms with Crippen molar-refractivity contribution in [3.8, 4) is 5.75 Å². The van der Waals surface area contributed by atoms with Crippen molar-refractivity contribution < 1.29 is 4.74 Å². The van der Waals surface area contributed by atoms with Gasteiger partial charge in [0.2, 0.25) is 0 Å². The Balaban J connectivity index is 1.84. The number of hydrogen-bond donors (Lipinski definition) is 0. The molecule has 0 fully saturated rings. The van der Waals surface area contributed by atoms with E-state index in [0.29, 0.717) is 6.61 Å². The van der Waals surface area contributed by atoms with E-state index >= 15 is 0 Å². The molecule has 0 heterocycles. The second kappa shape index (κ2) is 6.27. The molecule has 0 aliphatic carbocycles. The van der Waals surface area contributed by atoms with Crippen molar-refractivity contribution >= 4 is 17.2 Å². The topological polar surface area (TPSA) is 9.23 Å². The van der Waals surface area contributed by atoms with Gasteiger partial charge >= 0.3 is 0 Å². The van der Waals surface area contributed by atoms with Crippen molar-refractivity contribution in [3.63, 3.8) is 0 Å².